The second-order valence-corrected chi connectivity index (χ2v) is 25.8. The van der Waals surface area contributed by atoms with Crippen LogP contribution in [-0.2, 0) is 47.6 Å². The molecule has 12 nitrogen and oxygen atoms in total. The first-order valence-electron chi connectivity index (χ1n) is 38.3. The zero-order valence-corrected chi connectivity index (χ0v) is 59.6. The van der Waals surface area contributed by atoms with Crippen LogP contribution in [0.25, 0.3) is 0 Å². The molecule has 0 N–H and O–H groups in total. The van der Waals surface area contributed by atoms with Crippen LogP contribution in [0.3, 0.4) is 0 Å². The Kier molecular flexibility index (Phi) is 77.0. The first-order chi connectivity index (χ1) is 43.3. The Balaban J connectivity index is 0. The van der Waals surface area contributed by atoms with E-state index in [9.17, 15) is 19.2 Å². The molecule has 0 aromatic rings. The monoisotopic (exact) mass is 1250 g/mol. The Bertz CT molecular complexity index is 1210. The van der Waals surface area contributed by atoms with Gasteiger partial charge in [-0.25, -0.2) is 0 Å². The van der Waals surface area contributed by atoms with E-state index in [4.69, 9.17) is 28.4 Å². The molecule has 12 heteroatoms. The molecule has 0 fully saturated rings. The minimum Gasteiger partial charge on any atom is -0.466 e. The molecular formula is C76H150N2O10. The molecule has 0 atom stereocenters. The molecule has 0 radical (unpaired) electrons. The van der Waals surface area contributed by atoms with Crippen LogP contribution in [0.2, 0.25) is 0 Å². The number of carbonyl (C=O) groups is 4. The van der Waals surface area contributed by atoms with Gasteiger partial charge in [-0.2, -0.15) is 0 Å². The molecule has 0 aliphatic carbocycles. The molecule has 0 saturated carbocycles. The minimum absolute atomic E-state index is 0.139. The van der Waals surface area contributed by atoms with Crippen LogP contribution in [0.4, 0.5) is 0 Å². The molecule has 0 amide bonds. The summed E-state index contributed by atoms with van der Waals surface area (Å²) in [4.78, 5) is 53.5. The molecule has 0 rings (SSSR count). The van der Waals surface area contributed by atoms with E-state index in [0.717, 1.165) is 77.3 Å². The van der Waals surface area contributed by atoms with Crippen LogP contribution in [0.5, 0.6) is 0 Å². The standard InChI is InChI=1S/2C38H75NO5/c2*1-4-6-8-10-12-14-16-18-20-22-24-26-35-43-37(40)29-32-39(31-28-34-42-3)33-30-38(41)44-36-27-25-23-21-19-17-15-13-11-9-7-5-2/h2*4-36H2,1-3H3. The smallest absolute Gasteiger partial charge is 0.307 e. The van der Waals surface area contributed by atoms with Crippen molar-refractivity contribution < 1.29 is 47.6 Å². The fourth-order valence-electron chi connectivity index (χ4n) is 11.3. The summed E-state index contributed by atoms with van der Waals surface area (Å²) < 4.78 is 32.3. The number of methoxy groups -OCH3 is 2. The quantitative estimate of drug-likeness (QED) is 0.0326. The van der Waals surface area contributed by atoms with Gasteiger partial charge in [0.2, 0.25) is 0 Å². The number of ether oxygens (including phenoxy) is 6. The number of nitrogens with zero attached hydrogens (tertiary/aromatic N) is 2. The molecule has 0 saturated heterocycles. The van der Waals surface area contributed by atoms with Crippen molar-refractivity contribution in [2.75, 3.05) is 93.1 Å². The third kappa shape index (κ3) is 74.4. The van der Waals surface area contributed by atoms with Gasteiger partial charge in [-0.05, 0) is 38.5 Å². The van der Waals surface area contributed by atoms with Gasteiger partial charge in [0.25, 0.3) is 0 Å². The normalized spacial score (nSPS) is 11.4. The lowest BCUT2D eigenvalue weighted by Crippen LogP contribution is -2.31. The highest BCUT2D eigenvalue weighted by molar-refractivity contribution is 5.71. The molecule has 88 heavy (non-hydrogen) atoms. The summed E-state index contributed by atoms with van der Waals surface area (Å²) in [7, 11) is 3.40. The summed E-state index contributed by atoms with van der Waals surface area (Å²) >= 11 is 0. The summed E-state index contributed by atoms with van der Waals surface area (Å²) in [5, 5.41) is 0. The Morgan fingerprint density at radius 2 is 0.364 bits per heavy atom. The van der Waals surface area contributed by atoms with Gasteiger partial charge >= 0.3 is 23.9 Å². The molecule has 0 aliphatic rings. The average Bonchev–Trinajstić information content (AvgIpc) is 3.54. The van der Waals surface area contributed by atoms with Gasteiger partial charge in [0.15, 0.2) is 0 Å². The van der Waals surface area contributed by atoms with E-state index in [2.05, 4.69) is 37.5 Å². The van der Waals surface area contributed by atoms with E-state index in [1.54, 1.807) is 14.2 Å². The molecule has 524 valence electrons. The van der Waals surface area contributed by atoms with Crippen molar-refractivity contribution in [1.29, 1.82) is 0 Å². The van der Waals surface area contributed by atoms with E-state index in [0.29, 0.717) is 91.5 Å². The Morgan fingerprint density at radius 3 is 0.523 bits per heavy atom. The zero-order chi connectivity index (χ0) is 64.4. The van der Waals surface area contributed by atoms with E-state index < -0.39 is 0 Å². The van der Waals surface area contributed by atoms with Crippen molar-refractivity contribution in [2.24, 2.45) is 0 Å². The molecule has 0 bridgehead atoms. The lowest BCUT2D eigenvalue weighted by Gasteiger charge is -2.21. The van der Waals surface area contributed by atoms with Crippen molar-refractivity contribution >= 4 is 23.9 Å². The van der Waals surface area contributed by atoms with Gasteiger partial charge in [-0.1, -0.05) is 310 Å². The fraction of sp³-hybridized carbons (Fsp3) is 0.947. The summed E-state index contributed by atoms with van der Waals surface area (Å²) in [6, 6.07) is 0. The van der Waals surface area contributed by atoms with E-state index in [1.165, 1.54) is 257 Å². The highest BCUT2D eigenvalue weighted by Gasteiger charge is 2.15. The average molecular weight is 1250 g/mol. The number of rotatable bonds is 72. The summed E-state index contributed by atoms with van der Waals surface area (Å²) in [5.74, 6) is -0.558. The second kappa shape index (κ2) is 77.2. The van der Waals surface area contributed by atoms with Crippen molar-refractivity contribution in [3.8, 4) is 0 Å². The fourth-order valence-corrected chi connectivity index (χ4v) is 11.3. The largest absolute Gasteiger partial charge is 0.466 e. The maximum Gasteiger partial charge on any atom is 0.307 e. The minimum atomic E-state index is -0.139. The van der Waals surface area contributed by atoms with Crippen molar-refractivity contribution in [3.05, 3.63) is 0 Å². The van der Waals surface area contributed by atoms with Gasteiger partial charge in [0.1, 0.15) is 0 Å². The Hall–Kier alpha value is -2.28. The van der Waals surface area contributed by atoms with Crippen molar-refractivity contribution in [1.82, 2.24) is 9.80 Å². The van der Waals surface area contributed by atoms with E-state index in [-0.39, 0.29) is 23.9 Å². The van der Waals surface area contributed by atoms with Gasteiger partial charge in [0.05, 0.1) is 52.1 Å². The maximum atomic E-state index is 12.3. The van der Waals surface area contributed by atoms with Gasteiger partial charge in [0, 0.05) is 66.7 Å². The molecule has 0 unspecified atom stereocenters. The lowest BCUT2D eigenvalue weighted by atomic mass is 10.1. The second-order valence-electron chi connectivity index (χ2n) is 25.8. The molecular weight excluding hydrogens is 1100 g/mol. The molecule has 0 aromatic carbocycles. The SMILES string of the molecule is CCCCCCCCCCCCCCOC(=O)CCN(CCCOC)CCC(=O)OCCCCCCCCCCCCCC.CCCCCCCCCCCCCCOC(=O)CCN(CCCOC)CCC(=O)OCCCCCCCCCCCCCC. The third-order valence-corrected chi connectivity index (χ3v) is 17.2. The summed E-state index contributed by atoms with van der Waals surface area (Å²) in [6.45, 7) is 16.5. The first-order valence-corrected chi connectivity index (χ1v) is 38.3. The van der Waals surface area contributed by atoms with Crippen LogP contribution in [0.1, 0.15) is 374 Å². The summed E-state index contributed by atoms with van der Waals surface area (Å²) in [5.41, 5.74) is 0. The van der Waals surface area contributed by atoms with Crippen LogP contribution < -0.4 is 0 Å². The summed E-state index contributed by atoms with van der Waals surface area (Å²) in [6.07, 6.45) is 65.5. The van der Waals surface area contributed by atoms with Gasteiger partial charge in [-0.15, -0.1) is 0 Å². The molecule has 0 heterocycles. The number of unbranched alkanes of at least 4 members (excludes halogenated alkanes) is 44. The maximum absolute atomic E-state index is 12.3. The number of carbonyl (C=O) groups excluding carboxylic acids is 4. The number of hydrogen-bond donors (Lipinski definition) is 0. The van der Waals surface area contributed by atoms with Gasteiger partial charge in [-0.3, -0.25) is 19.2 Å². The number of hydrogen-bond acceptors (Lipinski definition) is 12. The number of esters is 4. The molecule has 0 aromatic heterocycles. The highest BCUT2D eigenvalue weighted by Crippen LogP contribution is 2.17. The van der Waals surface area contributed by atoms with Crippen LogP contribution in [0.15, 0.2) is 0 Å². The van der Waals surface area contributed by atoms with Gasteiger partial charge < -0.3 is 38.2 Å². The Morgan fingerprint density at radius 1 is 0.205 bits per heavy atom. The first kappa shape index (κ1) is 87.8. The zero-order valence-electron chi connectivity index (χ0n) is 59.6. The van der Waals surface area contributed by atoms with Crippen molar-refractivity contribution in [3.63, 3.8) is 0 Å². The predicted molar refractivity (Wildman–Crippen MR) is 372 cm³/mol. The topological polar surface area (TPSA) is 130 Å². The van der Waals surface area contributed by atoms with E-state index in [1.807, 2.05) is 0 Å². The highest BCUT2D eigenvalue weighted by atomic mass is 16.5. The van der Waals surface area contributed by atoms with Crippen LogP contribution in [0, 0.1) is 0 Å². The van der Waals surface area contributed by atoms with Crippen LogP contribution in [-0.4, -0.2) is 127 Å². The predicted octanol–water partition coefficient (Wildman–Crippen LogP) is 21.2. The van der Waals surface area contributed by atoms with Crippen molar-refractivity contribution in [2.45, 2.75) is 374 Å². The molecule has 0 aliphatic heterocycles. The van der Waals surface area contributed by atoms with E-state index >= 15 is 0 Å². The molecule has 0 spiro atoms. The lowest BCUT2D eigenvalue weighted by molar-refractivity contribution is -0.146. The Labute approximate surface area is 546 Å². The third-order valence-electron chi connectivity index (χ3n) is 17.2. The van der Waals surface area contributed by atoms with Crippen LogP contribution >= 0.6 is 0 Å².